The minimum absolute atomic E-state index is 0.0634. The predicted molar refractivity (Wildman–Crippen MR) is 98.9 cm³/mol. The SMILES string of the molecule is CCNS(=O)(=O)c1ccc2c(c1)S(=O)(=O)NC(=NCc1cccs1)S2. The summed E-state index contributed by atoms with van der Waals surface area (Å²) in [6, 6.07) is 7.87. The molecule has 0 radical (unpaired) electrons. The van der Waals surface area contributed by atoms with E-state index in [1.807, 2.05) is 17.5 Å². The Labute approximate surface area is 154 Å². The van der Waals surface area contributed by atoms with Gasteiger partial charge in [0.2, 0.25) is 10.0 Å². The van der Waals surface area contributed by atoms with E-state index in [-0.39, 0.29) is 21.5 Å². The number of hydrogen-bond donors (Lipinski definition) is 2. The molecule has 1 aliphatic rings. The molecule has 11 heteroatoms. The van der Waals surface area contributed by atoms with E-state index in [9.17, 15) is 16.8 Å². The van der Waals surface area contributed by atoms with E-state index >= 15 is 0 Å². The van der Waals surface area contributed by atoms with E-state index in [0.29, 0.717) is 11.4 Å². The molecule has 7 nitrogen and oxygen atoms in total. The molecule has 0 saturated carbocycles. The number of sulfonamides is 2. The highest BCUT2D eigenvalue weighted by atomic mass is 32.2. The molecule has 25 heavy (non-hydrogen) atoms. The molecule has 0 atom stereocenters. The van der Waals surface area contributed by atoms with Gasteiger partial charge in [0.25, 0.3) is 10.0 Å². The molecule has 0 unspecified atom stereocenters. The Morgan fingerprint density at radius 2 is 2.08 bits per heavy atom. The van der Waals surface area contributed by atoms with Crippen LogP contribution in [0.5, 0.6) is 0 Å². The third-order valence-electron chi connectivity index (χ3n) is 3.24. The first-order chi connectivity index (χ1) is 11.8. The molecular formula is C14H15N3O4S4. The van der Waals surface area contributed by atoms with Gasteiger partial charge in [0.1, 0.15) is 4.90 Å². The second kappa shape index (κ2) is 7.08. The van der Waals surface area contributed by atoms with Crippen LogP contribution in [0.15, 0.2) is 55.4 Å². The van der Waals surface area contributed by atoms with Crippen molar-refractivity contribution in [3.63, 3.8) is 0 Å². The third kappa shape index (κ3) is 4.06. The van der Waals surface area contributed by atoms with Crippen LogP contribution in [0.25, 0.3) is 0 Å². The molecule has 134 valence electrons. The summed E-state index contributed by atoms with van der Waals surface area (Å²) in [5.74, 6) is 0. The van der Waals surface area contributed by atoms with Gasteiger partial charge in [-0.3, -0.25) is 9.71 Å². The quantitative estimate of drug-likeness (QED) is 0.774. The Morgan fingerprint density at radius 3 is 2.76 bits per heavy atom. The molecule has 0 aliphatic carbocycles. The van der Waals surface area contributed by atoms with E-state index in [0.717, 1.165) is 16.6 Å². The lowest BCUT2D eigenvalue weighted by atomic mass is 10.4. The average Bonchev–Trinajstić information content (AvgIpc) is 3.05. The summed E-state index contributed by atoms with van der Waals surface area (Å²) in [5.41, 5.74) is 0. The minimum Gasteiger partial charge on any atom is -0.258 e. The van der Waals surface area contributed by atoms with Crippen molar-refractivity contribution in [1.29, 1.82) is 0 Å². The first kappa shape index (κ1) is 18.4. The summed E-state index contributed by atoms with van der Waals surface area (Å²) in [7, 11) is -7.60. The first-order valence-corrected chi connectivity index (χ1v) is 11.9. The number of nitrogens with zero attached hydrogens (tertiary/aromatic N) is 1. The number of thioether (sulfide) groups is 1. The normalized spacial score (nSPS) is 17.9. The largest absolute Gasteiger partial charge is 0.264 e. The van der Waals surface area contributed by atoms with Crippen LogP contribution < -0.4 is 9.44 Å². The van der Waals surface area contributed by atoms with Gasteiger partial charge >= 0.3 is 0 Å². The maximum atomic E-state index is 12.5. The number of benzene rings is 1. The third-order valence-corrected chi connectivity index (χ3v) is 8.28. The van der Waals surface area contributed by atoms with Crippen molar-refractivity contribution in [2.24, 2.45) is 4.99 Å². The van der Waals surface area contributed by atoms with Crippen molar-refractivity contribution in [3.8, 4) is 0 Å². The Bertz CT molecular complexity index is 1010. The number of rotatable bonds is 5. The van der Waals surface area contributed by atoms with Gasteiger partial charge in [-0.25, -0.2) is 21.6 Å². The molecule has 1 aromatic carbocycles. The van der Waals surface area contributed by atoms with Crippen LogP contribution in [0.3, 0.4) is 0 Å². The fraction of sp³-hybridized carbons (Fsp3) is 0.214. The zero-order valence-corrected chi connectivity index (χ0v) is 16.4. The van der Waals surface area contributed by atoms with Gasteiger partial charge in [0.05, 0.1) is 11.4 Å². The van der Waals surface area contributed by atoms with Crippen LogP contribution in [0.4, 0.5) is 0 Å². The molecule has 0 bridgehead atoms. The number of fused-ring (bicyclic) bond motifs is 1. The van der Waals surface area contributed by atoms with Gasteiger partial charge in [-0.05, 0) is 29.6 Å². The fourth-order valence-corrected chi connectivity index (χ4v) is 6.51. The lowest BCUT2D eigenvalue weighted by molar-refractivity contribution is 0.582. The maximum absolute atomic E-state index is 12.5. The molecule has 0 spiro atoms. The van der Waals surface area contributed by atoms with Crippen molar-refractivity contribution in [2.75, 3.05) is 6.54 Å². The molecular weight excluding hydrogens is 402 g/mol. The van der Waals surface area contributed by atoms with Gasteiger partial charge < -0.3 is 0 Å². The monoisotopic (exact) mass is 417 g/mol. The Hall–Kier alpha value is -1.40. The number of aliphatic imine (C=N–C) groups is 1. The van der Waals surface area contributed by atoms with E-state index < -0.39 is 20.0 Å². The summed E-state index contributed by atoms with van der Waals surface area (Å²) in [4.78, 5) is 5.60. The van der Waals surface area contributed by atoms with Crippen molar-refractivity contribution in [1.82, 2.24) is 9.44 Å². The van der Waals surface area contributed by atoms with E-state index in [4.69, 9.17) is 0 Å². The number of hydrogen-bond acceptors (Lipinski definition) is 7. The van der Waals surface area contributed by atoms with Crippen LogP contribution in [0, 0.1) is 0 Å². The van der Waals surface area contributed by atoms with Gasteiger partial charge in [0.15, 0.2) is 5.17 Å². The Balaban J connectivity index is 1.93. The summed E-state index contributed by atoms with van der Waals surface area (Å²) < 4.78 is 53.8. The summed E-state index contributed by atoms with van der Waals surface area (Å²) in [6.07, 6.45) is 0. The van der Waals surface area contributed by atoms with Crippen LogP contribution in [0.2, 0.25) is 0 Å². The Morgan fingerprint density at radius 1 is 1.28 bits per heavy atom. The summed E-state index contributed by atoms with van der Waals surface area (Å²) in [6.45, 7) is 2.25. The molecule has 0 saturated heterocycles. The highest BCUT2D eigenvalue weighted by Crippen LogP contribution is 2.33. The fourth-order valence-electron chi connectivity index (χ4n) is 2.13. The number of nitrogens with one attached hydrogen (secondary N) is 2. The zero-order chi connectivity index (χ0) is 18.1. The molecule has 0 fully saturated rings. The lowest BCUT2D eigenvalue weighted by Gasteiger charge is -2.19. The Kier molecular flexibility index (Phi) is 5.21. The molecule has 1 aliphatic heterocycles. The van der Waals surface area contributed by atoms with Crippen LogP contribution in [-0.2, 0) is 26.6 Å². The van der Waals surface area contributed by atoms with Crippen molar-refractivity contribution < 1.29 is 16.8 Å². The van der Waals surface area contributed by atoms with Gasteiger partial charge in [0, 0.05) is 16.3 Å². The van der Waals surface area contributed by atoms with Crippen molar-refractivity contribution >= 4 is 48.3 Å². The molecule has 2 N–H and O–H groups in total. The van der Waals surface area contributed by atoms with Gasteiger partial charge in [-0.2, -0.15) is 0 Å². The molecule has 3 rings (SSSR count). The molecule has 1 aromatic heterocycles. The average molecular weight is 418 g/mol. The second-order valence-corrected chi connectivity index (χ2v) is 10.5. The highest BCUT2D eigenvalue weighted by Gasteiger charge is 2.29. The van der Waals surface area contributed by atoms with Crippen LogP contribution in [0.1, 0.15) is 11.8 Å². The minimum atomic E-state index is -3.87. The van der Waals surface area contributed by atoms with Crippen LogP contribution in [-0.4, -0.2) is 28.5 Å². The number of thiophene rings is 1. The van der Waals surface area contributed by atoms with Crippen LogP contribution >= 0.6 is 23.1 Å². The summed E-state index contributed by atoms with van der Waals surface area (Å²) in [5, 5.41) is 2.19. The maximum Gasteiger partial charge on any atom is 0.264 e. The molecule has 2 heterocycles. The molecule has 0 amide bonds. The van der Waals surface area contributed by atoms with E-state index in [1.54, 1.807) is 6.92 Å². The zero-order valence-electron chi connectivity index (χ0n) is 13.1. The summed E-state index contributed by atoms with van der Waals surface area (Å²) >= 11 is 2.70. The number of amidine groups is 1. The van der Waals surface area contributed by atoms with Crippen molar-refractivity contribution in [2.45, 2.75) is 28.2 Å². The van der Waals surface area contributed by atoms with E-state index in [1.165, 1.54) is 29.5 Å². The standard InChI is InChI=1S/C14H15N3O4S4/c1-2-16-24(18,19)11-5-6-12-13(8-11)25(20,21)17-14(23-12)15-9-10-4-3-7-22-10/h3-8,16H,2,9H2,1H3,(H,15,17). The highest BCUT2D eigenvalue weighted by molar-refractivity contribution is 8.16. The second-order valence-electron chi connectivity index (χ2n) is 5.02. The topological polar surface area (TPSA) is 105 Å². The van der Waals surface area contributed by atoms with Gasteiger partial charge in [-0.1, -0.05) is 24.8 Å². The first-order valence-electron chi connectivity index (χ1n) is 7.23. The lowest BCUT2D eigenvalue weighted by Crippen LogP contribution is -2.33. The van der Waals surface area contributed by atoms with Crippen molar-refractivity contribution in [3.05, 3.63) is 40.6 Å². The smallest absolute Gasteiger partial charge is 0.258 e. The molecule has 2 aromatic rings. The predicted octanol–water partition coefficient (Wildman–Crippen LogP) is 1.99. The van der Waals surface area contributed by atoms with E-state index in [2.05, 4.69) is 14.4 Å². The van der Waals surface area contributed by atoms with Gasteiger partial charge in [-0.15, -0.1) is 11.3 Å².